The number of halogens is 1. The minimum Gasteiger partial charge on any atom is -0.494 e. The summed E-state index contributed by atoms with van der Waals surface area (Å²) in [7, 11) is 3.09. The molecule has 0 fully saturated rings. The van der Waals surface area contributed by atoms with Gasteiger partial charge in [-0.2, -0.15) is 4.68 Å². The maximum Gasteiger partial charge on any atom is 0.233 e. The summed E-state index contributed by atoms with van der Waals surface area (Å²) in [5, 5.41) is 12.2. The Morgan fingerprint density at radius 1 is 1.29 bits per heavy atom. The Balaban J connectivity index is 1.61. The Morgan fingerprint density at radius 3 is 2.82 bits per heavy atom. The topological polar surface area (TPSA) is 73.1 Å². The molecule has 2 aromatic carbocycles. The SMILES string of the molecule is COc1ccc(CN(C)C(=O)CSc2nnnn2-c2cccc(C)c2)cc1F. The van der Waals surface area contributed by atoms with E-state index in [9.17, 15) is 9.18 Å². The fourth-order valence-electron chi connectivity index (χ4n) is 2.60. The van der Waals surface area contributed by atoms with Crippen LogP contribution >= 0.6 is 11.8 Å². The van der Waals surface area contributed by atoms with Crippen molar-refractivity contribution in [3.63, 3.8) is 0 Å². The zero-order valence-corrected chi connectivity index (χ0v) is 16.6. The second-order valence-corrected chi connectivity index (χ2v) is 7.16. The molecule has 0 atom stereocenters. The Bertz CT molecular complexity index is 978. The summed E-state index contributed by atoms with van der Waals surface area (Å²) in [6.07, 6.45) is 0. The number of thioether (sulfide) groups is 1. The van der Waals surface area contributed by atoms with Crippen molar-refractivity contribution in [1.82, 2.24) is 25.1 Å². The number of carbonyl (C=O) groups is 1. The first-order valence-electron chi connectivity index (χ1n) is 8.52. The van der Waals surface area contributed by atoms with Gasteiger partial charge in [-0.1, -0.05) is 30.0 Å². The molecule has 0 saturated carbocycles. The van der Waals surface area contributed by atoms with E-state index in [0.717, 1.165) is 11.3 Å². The van der Waals surface area contributed by atoms with Gasteiger partial charge in [0.1, 0.15) is 0 Å². The second-order valence-electron chi connectivity index (χ2n) is 6.22. The fourth-order valence-corrected chi connectivity index (χ4v) is 3.43. The molecule has 3 aromatic rings. The van der Waals surface area contributed by atoms with Crippen molar-refractivity contribution in [3.05, 3.63) is 59.4 Å². The van der Waals surface area contributed by atoms with Crippen LogP contribution in [0.2, 0.25) is 0 Å². The number of aryl methyl sites for hydroxylation is 1. The van der Waals surface area contributed by atoms with Crippen molar-refractivity contribution in [2.75, 3.05) is 19.9 Å². The summed E-state index contributed by atoms with van der Waals surface area (Å²) in [5.41, 5.74) is 2.61. The molecule has 146 valence electrons. The first kappa shape index (κ1) is 19.8. The van der Waals surface area contributed by atoms with E-state index < -0.39 is 5.82 Å². The standard InChI is InChI=1S/C19H20FN5O2S/c1-13-5-4-6-15(9-13)25-19(21-22-23-25)28-12-18(26)24(2)11-14-7-8-17(27-3)16(20)10-14/h4-10H,11-12H2,1-3H3. The van der Waals surface area contributed by atoms with Gasteiger partial charge in [-0.15, -0.1) is 5.10 Å². The van der Waals surface area contributed by atoms with Crippen molar-refractivity contribution in [2.24, 2.45) is 0 Å². The van der Waals surface area contributed by atoms with E-state index in [2.05, 4.69) is 15.5 Å². The lowest BCUT2D eigenvalue weighted by Gasteiger charge is -2.17. The summed E-state index contributed by atoms with van der Waals surface area (Å²) < 4.78 is 20.3. The number of ether oxygens (including phenoxy) is 1. The predicted molar refractivity (Wildman–Crippen MR) is 104 cm³/mol. The summed E-state index contributed by atoms with van der Waals surface area (Å²) in [6, 6.07) is 12.4. The quantitative estimate of drug-likeness (QED) is 0.567. The summed E-state index contributed by atoms with van der Waals surface area (Å²) >= 11 is 1.25. The molecule has 28 heavy (non-hydrogen) atoms. The highest BCUT2D eigenvalue weighted by Crippen LogP contribution is 2.21. The Kier molecular flexibility index (Phi) is 6.25. The third kappa shape index (κ3) is 4.66. The van der Waals surface area contributed by atoms with E-state index in [4.69, 9.17) is 4.74 Å². The van der Waals surface area contributed by atoms with Crippen LogP contribution in [0.4, 0.5) is 4.39 Å². The Morgan fingerprint density at radius 2 is 2.11 bits per heavy atom. The first-order valence-corrected chi connectivity index (χ1v) is 9.51. The van der Waals surface area contributed by atoms with Gasteiger partial charge in [0.2, 0.25) is 11.1 Å². The van der Waals surface area contributed by atoms with E-state index >= 15 is 0 Å². The molecular weight excluding hydrogens is 381 g/mol. The molecule has 0 N–H and O–H groups in total. The van der Waals surface area contributed by atoms with Crippen LogP contribution in [0.3, 0.4) is 0 Å². The smallest absolute Gasteiger partial charge is 0.233 e. The lowest BCUT2D eigenvalue weighted by atomic mass is 10.2. The number of tetrazole rings is 1. The number of carbonyl (C=O) groups excluding carboxylic acids is 1. The molecule has 0 radical (unpaired) electrons. The highest BCUT2D eigenvalue weighted by molar-refractivity contribution is 7.99. The molecule has 1 aromatic heterocycles. The molecule has 1 heterocycles. The average Bonchev–Trinajstić information content (AvgIpc) is 3.15. The van der Waals surface area contributed by atoms with Gasteiger partial charge in [-0.25, -0.2) is 4.39 Å². The van der Waals surface area contributed by atoms with Gasteiger partial charge >= 0.3 is 0 Å². The number of methoxy groups -OCH3 is 1. The van der Waals surface area contributed by atoms with Crippen LogP contribution in [0.25, 0.3) is 5.69 Å². The summed E-state index contributed by atoms with van der Waals surface area (Å²) in [4.78, 5) is 14.0. The molecule has 0 aliphatic rings. The van der Waals surface area contributed by atoms with Gasteiger partial charge in [-0.05, 0) is 52.7 Å². The Hall–Kier alpha value is -2.94. The molecular formula is C19H20FN5O2S. The van der Waals surface area contributed by atoms with Gasteiger partial charge in [0.05, 0.1) is 18.6 Å². The normalized spacial score (nSPS) is 10.7. The number of hydrogen-bond donors (Lipinski definition) is 0. The largest absolute Gasteiger partial charge is 0.494 e. The van der Waals surface area contributed by atoms with Gasteiger partial charge in [0.25, 0.3) is 0 Å². The fraction of sp³-hybridized carbons (Fsp3) is 0.263. The van der Waals surface area contributed by atoms with Crippen molar-refractivity contribution in [2.45, 2.75) is 18.6 Å². The first-order chi connectivity index (χ1) is 13.5. The van der Waals surface area contributed by atoms with Gasteiger partial charge < -0.3 is 9.64 Å². The number of amides is 1. The van der Waals surface area contributed by atoms with Crippen molar-refractivity contribution in [3.8, 4) is 11.4 Å². The van der Waals surface area contributed by atoms with Crippen LogP contribution in [0.5, 0.6) is 5.75 Å². The lowest BCUT2D eigenvalue weighted by Crippen LogP contribution is -2.28. The van der Waals surface area contributed by atoms with Crippen LogP contribution in [-0.4, -0.2) is 50.9 Å². The van der Waals surface area contributed by atoms with E-state index in [1.807, 2.05) is 31.2 Å². The number of benzene rings is 2. The second kappa shape index (κ2) is 8.83. The molecule has 1 amide bonds. The molecule has 0 spiro atoms. The lowest BCUT2D eigenvalue weighted by molar-refractivity contribution is -0.127. The Labute approximate surface area is 166 Å². The van der Waals surface area contributed by atoms with Gasteiger partial charge in [0.15, 0.2) is 11.6 Å². The zero-order valence-electron chi connectivity index (χ0n) is 15.8. The zero-order chi connectivity index (χ0) is 20.1. The summed E-state index contributed by atoms with van der Waals surface area (Å²) in [5.74, 6) is -0.217. The van der Waals surface area contributed by atoms with Gasteiger partial charge in [0, 0.05) is 13.6 Å². The van der Waals surface area contributed by atoms with E-state index in [1.54, 1.807) is 23.9 Å². The molecule has 7 nitrogen and oxygen atoms in total. The van der Waals surface area contributed by atoms with E-state index in [-0.39, 0.29) is 17.4 Å². The molecule has 0 saturated heterocycles. The number of rotatable bonds is 7. The van der Waals surface area contributed by atoms with Crippen LogP contribution in [0.15, 0.2) is 47.6 Å². The molecule has 0 aliphatic carbocycles. The van der Waals surface area contributed by atoms with E-state index in [1.165, 1.54) is 29.8 Å². The maximum absolute atomic E-state index is 13.8. The van der Waals surface area contributed by atoms with Crippen LogP contribution in [-0.2, 0) is 11.3 Å². The summed E-state index contributed by atoms with van der Waals surface area (Å²) in [6.45, 7) is 2.28. The minimum atomic E-state index is -0.451. The molecule has 3 rings (SSSR count). The molecule has 0 aliphatic heterocycles. The minimum absolute atomic E-state index is 0.111. The number of hydrogen-bond acceptors (Lipinski definition) is 6. The van der Waals surface area contributed by atoms with Crippen molar-refractivity contribution < 1.29 is 13.9 Å². The van der Waals surface area contributed by atoms with Crippen molar-refractivity contribution in [1.29, 1.82) is 0 Å². The van der Waals surface area contributed by atoms with Crippen LogP contribution in [0, 0.1) is 12.7 Å². The van der Waals surface area contributed by atoms with E-state index in [0.29, 0.717) is 17.3 Å². The molecule has 9 heteroatoms. The molecule has 0 unspecified atom stereocenters. The van der Waals surface area contributed by atoms with Crippen LogP contribution < -0.4 is 4.74 Å². The average molecular weight is 401 g/mol. The number of nitrogens with zero attached hydrogens (tertiary/aromatic N) is 5. The maximum atomic E-state index is 13.8. The highest BCUT2D eigenvalue weighted by Gasteiger charge is 2.15. The third-order valence-corrected chi connectivity index (χ3v) is 4.98. The third-order valence-electron chi connectivity index (χ3n) is 4.07. The number of aromatic nitrogens is 4. The van der Waals surface area contributed by atoms with Gasteiger partial charge in [-0.3, -0.25) is 4.79 Å². The molecule has 0 bridgehead atoms. The van der Waals surface area contributed by atoms with Crippen LogP contribution in [0.1, 0.15) is 11.1 Å². The predicted octanol–water partition coefficient (Wildman–Crippen LogP) is 2.87. The highest BCUT2D eigenvalue weighted by atomic mass is 32.2. The van der Waals surface area contributed by atoms with Crippen molar-refractivity contribution >= 4 is 17.7 Å². The monoisotopic (exact) mass is 401 g/mol.